The van der Waals surface area contributed by atoms with Crippen LogP contribution in [0.25, 0.3) is 0 Å². The highest BCUT2D eigenvalue weighted by Crippen LogP contribution is 2.30. The second-order valence-electron chi connectivity index (χ2n) is 4.28. The van der Waals surface area contributed by atoms with Gasteiger partial charge in [-0.1, -0.05) is 15.9 Å². The zero-order chi connectivity index (χ0) is 13.9. The second-order valence-corrected chi connectivity index (χ2v) is 7.33. The third kappa shape index (κ3) is 4.24. The van der Waals surface area contributed by atoms with Gasteiger partial charge in [0.25, 0.3) is 0 Å². The molecule has 0 aliphatic rings. The number of benzene rings is 1. The molecule has 0 fully saturated rings. The van der Waals surface area contributed by atoms with Crippen molar-refractivity contribution in [3.63, 3.8) is 0 Å². The van der Waals surface area contributed by atoms with Gasteiger partial charge in [-0.3, -0.25) is 0 Å². The Kier molecular flexibility index (Phi) is 5.16. The van der Waals surface area contributed by atoms with Gasteiger partial charge in [-0.15, -0.1) is 0 Å². The first-order valence-electron chi connectivity index (χ1n) is 5.48. The van der Waals surface area contributed by atoms with Crippen LogP contribution in [-0.2, 0) is 9.84 Å². The Morgan fingerprint density at radius 2 is 2.00 bits per heavy atom. The second kappa shape index (κ2) is 6.02. The van der Waals surface area contributed by atoms with Crippen LogP contribution in [0.5, 0.6) is 5.75 Å². The maximum atomic E-state index is 13.8. The maximum Gasteiger partial charge on any atom is 0.169 e. The molecule has 0 saturated carbocycles. The van der Waals surface area contributed by atoms with E-state index in [-0.39, 0.29) is 18.1 Å². The molecule has 0 radical (unpaired) electrons. The van der Waals surface area contributed by atoms with Crippen molar-refractivity contribution >= 4 is 25.8 Å². The van der Waals surface area contributed by atoms with E-state index in [1.165, 1.54) is 6.26 Å². The Hall–Kier alpha value is -0.620. The number of hydrogen-bond donors (Lipinski definition) is 0. The molecular weight excluding hydrogens is 323 g/mol. The van der Waals surface area contributed by atoms with Crippen molar-refractivity contribution in [1.82, 2.24) is 0 Å². The van der Waals surface area contributed by atoms with Gasteiger partial charge in [-0.05, 0) is 31.9 Å². The van der Waals surface area contributed by atoms with E-state index in [9.17, 15) is 12.8 Å². The quantitative estimate of drug-likeness (QED) is 0.775. The third-order valence-corrected chi connectivity index (χ3v) is 4.74. The summed E-state index contributed by atoms with van der Waals surface area (Å²) in [7, 11) is -2.99. The summed E-state index contributed by atoms with van der Waals surface area (Å²) < 4.78 is 41.7. The van der Waals surface area contributed by atoms with Gasteiger partial charge in [0.05, 0.1) is 12.4 Å². The molecule has 0 atom stereocenters. The zero-order valence-electron chi connectivity index (χ0n) is 10.6. The highest BCUT2D eigenvalue weighted by atomic mass is 79.9. The normalized spacial score (nSPS) is 11.6. The molecule has 102 valence electrons. The van der Waals surface area contributed by atoms with Crippen LogP contribution in [0.1, 0.15) is 17.5 Å². The first-order chi connectivity index (χ1) is 8.22. The van der Waals surface area contributed by atoms with Gasteiger partial charge < -0.3 is 4.74 Å². The summed E-state index contributed by atoms with van der Waals surface area (Å²) in [6, 6.07) is 1.60. The standard InChI is InChI=1S/C12H16BrFO3S/c1-8-7-10(12(14)9(2)11(8)13)17-5-4-6-18(3,15)16/h7H,4-6H2,1-3H3. The molecule has 0 bridgehead atoms. The van der Waals surface area contributed by atoms with Gasteiger partial charge in [-0.2, -0.15) is 0 Å². The lowest BCUT2D eigenvalue weighted by Gasteiger charge is -2.11. The molecule has 0 aromatic heterocycles. The molecule has 1 aromatic rings. The predicted octanol–water partition coefficient (Wildman–Crippen LogP) is 3.02. The summed E-state index contributed by atoms with van der Waals surface area (Å²) in [5.74, 6) is -0.197. The third-order valence-electron chi connectivity index (χ3n) is 2.49. The Morgan fingerprint density at radius 3 is 2.56 bits per heavy atom. The van der Waals surface area contributed by atoms with E-state index in [1.807, 2.05) is 6.92 Å². The molecule has 1 rings (SSSR count). The molecular formula is C12H16BrFO3S. The minimum Gasteiger partial charge on any atom is -0.490 e. The fourth-order valence-electron chi connectivity index (χ4n) is 1.51. The van der Waals surface area contributed by atoms with E-state index in [1.54, 1.807) is 13.0 Å². The molecule has 3 nitrogen and oxygen atoms in total. The van der Waals surface area contributed by atoms with Gasteiger partial charge in [0.15, 0.2) is 11.6 Å². The Balaban J connectivity index is 2.69. The molecule has 0 saturated heterocycles. The largest absolute Gasteiger partial charge is 0.490 e. The molecule has 6 heteroatoms. The van der Waals surface area contributed by atoms with Crippen LogP contribution in [0, 0.1) is 19.7 Å². The van der Waals surface area contributed by atoms with Crippen molar-refractivity contribution in [3.05, 3.63) is 27.5 Å². The van der Waals surface area contributed by atoms with Crippen molar-refractivity contribution in [2.45, 2.75) is 20.3 Å². The van der Waals surface area contributed by atoms with E-state index in [0.717, 1.165) is 10.0 Å². The predicted molar refractivity (Wildman–Crippen MR) is 73.4 cm³/mol. The highest BCUT2D eigenvalue weighted by Gasteiger charge is 2.12. The lowest BCUT2D eigenvalue weighted by Crippen LogP contribution is -2.09. The summed E-state index contributed by atoms with van der Waals surface area (Å²) >= 11 is 3.30. The molecule has 0 unspecified atom stereocenters. The average Bonchev–Trinajstić information content (AvgIpc) is 2.26. The first kappa shape index (κ1) is 15.4. The van der Waals surface area contributed by atoms with E-state index >= 15 is 0 Å². The average molecular weight is 339 g/mol. The van der Waals surface area contributed by atoms with Gasteiger partial charge >= 0.3 is 0 Å². The van der Waals surface area contributed by atoms with Crippen molar-refractivity contribution in [1.29, 1.82) is 0 Å². The summed E-state index contributed by atoms with van der Waals surface area (Å²) in [6.07, 6.45) is 1.52. The van der Waals surface area contributed by atoms with Crippen LogP contribution in [0.4, 0.5) is 4.39 Å². The van der Waals surface area contributed by atoms with E-state index in [2.05, 4.69) is 15.9 Å². The van der Waals surface area contributed by atoms with Crippen molar-refractivity contribution in [2.24, 2.45) is 0 Å². The number of aryl methyl sites for hydroxylation is 1. The summed E-state index contributed by atoms with van der Waals surface area (Å²) in [4.78, 5) is 0. The number of ether oxygens (including phenoxy) is 1. The van der Waals surface area contributed by atoms with Crippen LogP contribution >= 0.6 is 15.9 Å². The fraction of sp³-hybridized carbons (Fsp3) is 0.500. The molecule has 0 heterocycles. The molecule has 0 N–H and O–H groups in total. The lowest BCUT2D eigenvalue weighted by molar-refractivity contribution is 0.300. The molecule has 0 spiro atoms. The monoisotopic (exact) mass is 338 g/mol. The number of hydrogen-bond acceptors (Lipinski definition) is 3. The molecule has 0 aliphatic heterocycles. The molecule has 0 amide bonds. The van der Waals surface area contributed by atoms with Crippen LogP contribution < -0.4 is 4.74 Å². The zero-order valence-corrected chi connectivity index (χ0v) is 13.0. The summed E-state index contributed by atoms with van der Waals surface area (Å²) in [5, 5.41) is 0. The summed E-state index contributed by atoms with van der Waals surface area (Å²) in [6.45, 7) is 3.69. The molecule has 0 aliphatic carbocycles. The van der Waals surface area contributed by atoms with Gasteiger partial charge in [-0.25, -0.2) is 12.8 Å². The fourth-order valence-corrected chi connectivity index (χ4v) is 2.44. The van der Waals surface area contributed by atoms with Crippen LogP contribution in [0.3, 0.4) is 0 Å². The topological polar surface area (TPSA) is 43.4 Å². The Bertz CT molecular complexity index is 541. The smallest absolute Gasteiger partial charge is 0.169 e. The van der Waals surface area contributed by atoms with Gasteiger partial charge in [0.2, 0.25) is 0 Å². The van der Waals surface area contributed by atoms with Crippen molar-refractivity contribution in [3.8, 4) is 5.75 Å². The highest BCUT2D eigenvalue weighted by molar-refractivity contribution is 9.10. The van der Waals surface area contributed by atoms with E-state index < -0.39 is 15.7 Å². The minimum absolute atomic E-state index is 0.0448. The van der Waals surface area contributed by atoms with Crippen molar-refractivity contribution < 1.29 is 17.5 Å². The Morgan fingerprint density at radius 1 is 1.39 bits per heavy atom. The SMILES string of the molecule is Cc1cc(OCCCS(C)(=O)=O)c(F)c(C)c1Br. The number of rotatable bonds is 5. The van der Waals surface area contributed by atoms with Crippen LogP contribution in [0.15, 0.2) is 10.5 Å². The molecule has 18 heavy (non-hydrogen) atoms. The van der Waals surface area contributed by atoms with E-state index in [0.29, 0.717) is 12.0 Å². The number of halogens is 2. The maximum absolute atomic E-state index is 13.8. The number of sulfone groups is 1. The first-order valence-corrected chi connectivity index (χ1v) is 8.33. The molecule has 1 aromatic carbocycles. The van der Waals surface area contributed by atoms with Gasteiger partial charge in [0.1, 0.15) is 9.84 Å². The van der Waals surface area contributed by atoms with Crippen LogP contribution in [-0.4, -0.2) is 27.0 Å². The lowest BCUT2D eigenvalue weighted by atomic mass is 10.1. The summed E-state index contributed by atoms with van der Waals surface area (Å²) in [5.41, 5.74) is 1.38. The van der Waals surface area contributed by atoms with Gasteiger partial charge in [0, 0.05) is 16.3 Å². The van der Waals surface area contributed by atoms with Crippen molar-refractivity contribution in [2.75, 3.05) is 18.6 Å². The minimum atomic E-state index is -2.99. The van der Waals surface area contributed by atoms with E-state index in [4.69, 9.17) is 4.74 Å². The van der Waals surface area contributed by atoms with Crippen LogP contribution in [0.2, 0.25) is 0 Å². The Labute approximate surface area is 115 Å².